The summed E-state index contributed by atoms with van der Waals surface area (Å²) in [6, 6.07) is 3.49. The molecule has 0 aromatic carbocycles. The summed E-state index contributed by atoms with van der Waals surface area (Å²) in [5.74, 6) is -0.503. The number of aliphatic carboxylic acids is 1. The molecular weight excluding hydrogens is 314 g/mol. The first kappa shape index (κ1) is 15.6. The number of carboxylic acids is 1. The van der Waals surface area contributed by atoms with E-state index in [-0.39, 0.29) is 18.9 Å². The van der Waals surface area contributed by atoms with Gasteiger partial charge in [-0.05, 0) is 48.1 Å². The second kappa shape index (κ2) is 7.85. The number of hydrogen-bond acceptors (Lipinski definition) is 4. The monoisotopic (exact) mass is 329 g/mol. The van der Waals surface area contributed by atoms with E-state index in [4.69, 9.17) is 5.11 Å². The Kier molecular flexibility index (Phi) is 6.44. The number of nitrogens with zero attached hydrogens (tertiary/aromatic N) is 2. The van der Waals surface area contributed by atoms with Gasteiger partial charge in [-0.25, -0.2) is 4.98 Å². The van der Waals surface area contributed by atoms with Crippen LogP contribution < -0.4 is 5.32 Å². The van der Waals surface area contributed by atoms with Crippen LogP contribution in [0.1, 0.15) is 12.8 Å². The van der Waals surface area contributed by atoms with Crippen LogP contribution in [-0.2, 0) is 9.59 Å². The molecule has 0 bridgehead atoms. The normalized spacial score (nSPS) is 10.5. The number of halogens is 1. The molecule has 1 rings (SSSR count). The van der Waals surface area contributed by atoms with Crippen LogP contribution in [0.2, 0.25) is 0 Å². The molecule has 6 nitrogen and oxygen atoms in total. The lowest BCUT2D eigenvalue weighted by Crippen LogP contribution is -2.31. The average molecular weight is 330 g/mol. The van der Waals surface area contributed by atoms with Gasteiger partial charge in [0, 0.05) is 17.1 Å². The number of carbonyl (C=O) groups is 2. The Bertz CT molecular complexity index is 436. The SMILES string of the molecule is CN(CCCC(=O)O)CC(=O)Nc1ccc(Br)cn1. The van der Waals surface area contributed by atoms with E-state index < -0.39 is 5.97 Å². The summed E-state index contributed by atoms with van der Waals surface area (Å²) in [7, 11) is 1.77. The van der Waals surface area contributed by atoms with E-state index in [2.05, 4.69) is 26.2 Å². The Morgan fingerprint density at radius 1 is 1.47 bits per heavy atom. The number of amides is 1. The topological polar surface area (TPSA) is 82.5 Å². The van der Waals surface area contributed by atoms with Crippen molar-refractivity contribution >= 4 is 33.6 Å². The van der Waals surface area contributed by atoms with E-state index in [1.165, 1.54) is 0 Å². The standard InChI is InChI=1S/C12H16BrN3O3/c1-16(6-2-3-12(18)19)8-11(17)15-10-5-4-9(13)7-14-10/h4-5,7H,2-3,6,8H2,1H3,(H,18,19)(H,14,15,17). The lowest BCUT2D eigenvalue weighted by Gasteiger charge is -2.15. The number of anilines is 1. The van der Waals surface area contributed by atoms with Crippen LogP contribution in [0.3, 0.4) is 0 Å². The Balaban J connectivity index is 2.30. The predicted octanol–water partition coefficient (Wildman–Crippen LogP) is 1.58. The predicted molar refractivity (Wildman–Crippen MR) is 74.9 cm³/mol. The van der Waals surface area contributed by atoms with Crippen LogP contribution in [0.4, 0.5) is 5.82 Å². The molecule has 0 aliphatic heterocycles. The highest BCUT2D eigenvalue weighted by Crippen LogP contribution is 2.10. The Morgan fingerprint density at radius 2 is 2.21 bits per heavy atom. The third-order valence-corrected chi connectivity index (χ3v) is 2.81. The zero-order chi connectivity index (χ0) is 14.3. The minimum Gasteiger partial charge on any atom is -0.481 e. The molecule has 104 valence electrons. The van der Waals surface area contributed by atoms with Gasteiger partial charge in [-0.3, -0.25) is 14.5 Å². The molecule has 0 unspecified atom stereocenters. The van der Waals surface area contributed by atoms with Crippen molar-refractivity contribution in [3.05, 3.63) is 22.8 Å². The maximum atomic E-state index is 11.7. The molecule has 19 heavy (non-hydrogen) atoms. The zero-order valence-corrected chi connectivity index (χ0v) is 12.2. The van der Waals surface area contributed by atoms with E-state index in [1.54, 1.807) is 30.3 Å². The molecule has 0 aliphatic rings. The summed E-state index contributed by atoms with van der Waals surface area (Å²) in [4.78, 5) is 27.9. The van der Waals surface area contributed by atoms with E-state index in [0.717, 1.165) is 4.47 Å². The number of pyridine rings is 1. The number of nitrogens with one attached hydrogen (secondary N) is 1. The molecule has 1 aromatic rings. The summed E-state index contributed by atoms with van der Waals surface area (Å²) in [6.45, 7) is 0.769. The molecule has 0 aliphatic carbocycles. The van der Waals surface area contributed by atoms with Crippen molar-refractivity contribution in [3.63, 3.8) is 0 Å². The molecule has 0 spiro atoms. The summed E-state index contributed by atoms with van der Waals surface area (Å²) >= 11 is 3.26. The van der Waals surface area contributed by atoms with Crippen LogP contribution in [0.15, 0.2) is 22.8 Å². The summed E-state index contributed by atoms with van der Waals surface area (Å²) in [5, 5.41) is 11.2. The van der Waals surface area contributed by atoms with Crippen molar-refractivity contribution in [1.82, 2.24) is 9.88 Å². The second-order valence-corrected chi connectivity index (χ2v) is 5.06. The number of carbonyl (C=O) groups excluding carboxylic acids is 1. The fraction of sp³-hybridized carbons (Fsp3) is 0.417. The summed E-state index contributed by atoms with van der Waals surface area (Å²) in [5.41, 5.74) is 0. The molecule has 0 atom stereocenters. The minimum absolute atomic E-state index is 0.111. The summed E-state index contributed by atoms with van der Waals surface area (Å²) in [6.07, 6.45) is 2.24. The maximum absolute atomic E-state index is 11.7. The van der Waals surface area contributed by atoms with Crippen LogP contribution in [0, 0.1) is 0 Å². The average Bonchev–Trinajstić information content (AvgIpc) is 2.31. The van der Waals surface area contributed by atoms with Gasteiger partial charge >= 0.3 is 5.97 Å². The number of rotatable bonds is 7. The molecule has 2 N–H and O–H groups in total. The second-order valence-electron chi connectivity index (χ2n) is 4.14. The molecule has 7 heteroatoms. The van der Waals surface area contributed by atoms with Crippen LogP contribution in [0.25, 0.3) is 0 Å². The van der Waals surface area contributed by atoms with E-state index in [9.17, 15) is 9.59 Å². The minimum atomic E-state index is -0.822. The van der Waals surface area contributed by atoms with Crippen molar-refractivity contribution in [2.24, 2.45) is 0 Å². The Hall–Kier alpha value is -1.47. The van der Waals surface area contributed by atoms with Crippen LogP contribution >= 0.6 is 15.9 Å². The van der Waals surface area contributed by atoms with Gasteiger partial charge in [0.1, 0.15) is 5.82 Å². The van der Waals surface area contributed by atoms with Crippen LogP contribution in [0.5, 0.6) is 0 Å². The van der Waals surface area contributed by atoms with Crippen molar-refractivity contribution in [3.8, 4) is 0 Å². The van der Waals surface area contributed by atoms with Gasteiger partial charge in [0.25, 0.3) is 0 Å². The lowest BCUT2D eigenvalue weighted by atomic mass is 10.3. The third kappa shape index (κ3) is 6.88. The van der Waals surface area contributed by atoms with Gasteiger partial charge in [-0.1, -0.05) is 0 Å². The zero-order valence-electron chi connectivity index (χ0n) is 10.6. The van der Waals surface area contributed by atoms with E-state index in [1.807, 2.05) is 0 Å². The molecule has 0 saturated carbocycles. The molecular formula is C12H16BrN3O3. The van der Waals surface area contributed by atoms with Gasteiger partial charge in [0.05, 0.1) is 6.54 Å². The molecule has 1 amide bonds. The first-order valence-electron chi connectivity index (χ1n) is 5.79. The van der Waals surface area contributed by atoms with Crippen molar-refractivity contribution < 1.29 is 14.7 Å². The Labute approximate surface area is 120 Å². The molecule has 1 aromatic heterocycles. The first-order valence-corrected chi connectivity index (χ1v) is 6.58. The van der Waals surface area contributed by atoms with Crippen molar-refractivity contribution in [2.45, 2.75) is 12.8 Å². The molecule has 0 fully saturated rings. The smallest absolute Gasteiger partial charge is 0.303 e. The molecule has 0 saturated heterocycles. The highest BCUT2D eigenvalue weighted by molar-refractivity contribution is 9.10. The fourth-order valence-corrected chi connectivity index (χ4v) is 1.69. The van der Waals surface area contributed by atoms with Crippen LogP contribution in [-0.4, -0.2) is 47.0 Å². The van der Waals surface area contributed by atoms with Gasteiger partial charge in [0.15, 0.2) is 0 Å². The third-order valence-electron chi connectivity index (χ3n) is 2.34. The van der Waals surface area contributed by atoms with Gasteiger partial charge in [-0.15, -0.1) is 0 Å². The molecule has 0 radical (unpaired) electrons. The fourth-order valence-electron chi connectivity index (χ4n) is 1.46. The number of carboxylic acid groups (broad SMARTS) is 1. The Morgan fingerprint density at radius 3 is 2.79 bits per heavy atom. The van der Waals surface area contributed by atoms with Gasteiger partial charge < -0.3 is 10.4 Å². The highest BCUT2D eigenvalue weighted by atomic mass is 79.9. The van der Waals surface area contributed by atoms with E-state index in [0.29, 0.717) is 18.8 Å². The summed E-state index contributed by atoms with van der Waals surface area (Å²) < 4.78 is 0.844. The number of likely N-dealkylation sites (N-methyl/N-ethyl adjacent to an activating group) is 1. The quantitative estimate of drug-likeness (QED) is 0.793. The maximum Gasteiger partial charge on any atom is 0.303 e. The first-order chi connectivity index (χ1) is 8.97. The van der Waals surface area contributed by atoms with E-state index >= 15 is 0 Å². The largest absolute Gasteiger partial charge is 0.481 e. The lowest BCUT2D eigenvalue weighted by molar-refractivity contribution is -0.137. The molecule has 1 heterocycles. The van der Waals surface area contributed by atoms with Gasteiger partial charge in [0.2, 0.25) is 5.91 Å². The van der Waals surface area contributed by atoms with Crippen molar-refractivity contribution in [2.75, 3.05) is 25.5 Å². The number of aromatic nitrogens is 1. The van der Waals surface area contributed by atoms with Gasteiger partial charge in [-0.2, -0.15) is 0 Å². The number of hydrogen-bond donors (Lipinski definition) is 2. The van der Waals surface area contributed by atoms with Crippen molar-refractivity contribution in [1.29, 1.82) is 0 Å². The highest BCUT2D eigenvalue weighted by Gasteiger charge is 2.08.